The van der Waals surface area contributed by atoms with Gasteiger partial charge in [0, 0.05) is 0 Å². The van der Waals surface area contributed by atoms with Gasteiger partial charge in [0.2, 0.25) is 0 Å². The first-order chi connectivity index (χ1) is 22.1. The summed E-state index contributed by atoms with van der Waals surface area (Å²) in [7, 11) is -8.51. The monoisotopic (exact) mass is 701 g/mol. The SMILES string of the molecule is CCCCCCCCCCCCCCCCCCOP(=O)(O)OCCCCCCCCCCCCCCCCCC.O=P(O)(O)O. The Morgan fingerprint density at radius 1 is 0.326 bits per heavy atom. The average Bonchev–Trinajstić information content (AvgIpc) is 2.99. The summed E-state index contributed by atoms with van der Waals surface area (Å²) in [6, 6.07) is 0. The van der Waals surface area contributed by atoms with Crippen LogP contribution in [0.15, 0.2) is 0 Å². The van der Waals surface area contributed by atoms with Crippen LogP contribution in [0, 0.1) is 0 Å². The molecule has 0 saturated carbocycles. The first-order valence-corrected chi connectivity index (χ1v) is 22.6. The molecule has 0 rings (SSSR count). The quantitative estimate of drug-likeness (QED) is 0.0375. The molecule has 10 heteroatoms. The molecule has 0 aliphatic carbocycles. The molecule has 0 heterocycles. The number of unbranched alkanes of at least 4 members (excludes halogenated alkanes) is 30. The van der Waals surface area contributed by atoms with Gasteiger partial charge in [0.25, 0.3) is 0 Å². The molecule has 0 bridgehead atoms. The van der Waals surface area contributed by atoms with Gasteiger partial charge in [-0.2, -0.15) is 0 Å². The van der Waals surface area contributed by atoms with Crippen LogP contribution >= 0.6 is 15.6 Å². The third-order valence-corrected chi connectivity index (χ3v) is 9.52. The van der Waals surface area contributed by atoms with E-state index in [0.717, 1.165) is 25.7 Å². The maximum absolute atomic E-state index is 12.0. The first kappa shape index (κ1) is 48.3. The zero-order valence-corrected chi connectivity index (χ0v) is 32.1. The van der Waals surface area contributed by atoms with Gasteiger partial charge < -0.3 is 19.6 Å². The van der Waals surface area contributed by atoms with E-state index in [1.165, 1.54) is 180 Å². The zero-order chi connectivity index (χ0) is 34.5. The predicted octanol–water partition coefficient (Wildman–Crippen LogP) is 12.7. The van der Waals surface area contributed by atoms with Crippen molar-refractivity contribution in [1.82, 2.24) is 0 Å². The number of phosphoric ester groups is 1. The molecule has 0 unspecified atom stereocenters. The molecule has 0 aliphatic heterocycles. The zero-order valence-electron chi connectivity index (χ0n) is 30.4. The highest BCUT2D eigenvalue weighted by molar-refractivity contribution is 7.47. The lowest BCUT2D eigenvalue weighted by molar-refractivity contribution is 0.145. The van der Waals surface area contributed by atoms with Crippen molar-refractivity contribution in [2.45, 2.75) is 219 Å². The second-order valence-electron chi connectivity index (χ2n) is 13.3. The lowest BCUT2D eigenvalue weighted by Gasteiger charge is -2.12. The van der Waals surface area contributed by atoms with Gasteiger partial charge in [-0.25, -0.2) is 9.13 Å². The molecule has 8 nitrogen and oxygen atoms in total. The van der Waals surface area contributed by atoms with Gasteiger partial charge in [-0.15, -0.1) is 0 Å². The second kappa shape index (κ2) is 38.0. The van der Waals surface area contributed by atoms with E-state index in [4.69, 9.17) is 28.3 Å². The van der Waals surface area contributed by atoms with Crippen molar-refractivity contribution in [3.8, 4) is 0 Å². The lowest BCUT2D eigenvalue weighted by Crippen LogP contribution is -1.99. The van der Waals surface area contributed by atoms with Gasteiger partial charge in [0.05, 0.1) is 13.2 Å². The fourth-order valence-corrected chi connectivity index (χ4v) is 6.49. The summed E-state index contributed by atoms with van der Waals surface area (Å²) in [5.41, 5.74) is 0. The van der Waals surface area contributed by atoms with Gasteiger partial charge in [-0.05, 0) is 12.8 Å². The first-order valence-electron chi connectivity index (χ1n) is 19.5. The Kier molecular flexibility index (Phi) is 40.0. The van der Waals surface area contributed by atoms with E-state index in [2.05, 4.69) is 13.8 Å². The smallest absolute Gasteiger partial charge is 0.303 e. The standard InChI is InChI=1S/C36H75O4P.H3O4P/c1-3-5-7-9-11-13-15-17-19-21-23-25-27-29-31-33-35-39-41(37,38)40-36-34-32-30-28-26-24-22-20-18-16-14-12-10-8-6-4-2;1-5(2,3)4/h3-36H2,1-2H3,(H,37,38);(H3,1,2,3,4). The normalized spacial score (nSPS) is 12.0. The maximum Gasteiger partial charge on any atom is 0.472 e. The number of phosphoric acid groups is 2. The van der Waals surface area contributed by atoms with E-state index in [0.29, 0.717) is 13.2 Å². The molecule has 0 aliphatic rings. The third-order valence-electron chi connectivity index (χ3n) is 8.50. The van der Waals surface area contributed by atoms with Crippen molar-refractivity contribution in [3.05, 3.63) is 0 Å². The van der Waals surface area contributed by atoms with E-state index in [1.54, 1.807) is 0 Å². The van der Waals surface area contributed by atoms with Gasteiger partial charge >= 0.3 is 15.6 Å². The fourth-order valence-electron chi connectivity index (χ4n) is 5.70. The molecule has 0 atom stereocenters. The van der Waals surface area contributed by atoms with Crippen LogP contribution in [0.1, 0.15) is 219 Å². The van der Waals surface area contributed by atoms with E-state index in [1.807, 2.05) is 0 Å². The number of hydrogen-bond acceptors (Lipinski definition) is 4. The molecule has 4 N–H and O–H groups in total. The van der Waals surface area contributed by atoms with Crippen molar-refractivity contribution in [1.29, 1.82) is 0 Å². The van der Waals surface area contributed by atoms with E-state index >= 15 is 0 Å². The van der Waals surface area contributed by atoms with Crippen LogP contribution in [0.25, 0.3) is 0 Å². The van der Waals surface area contributed by atoms with E-state index in [-0.39, 0.29) is 0 Å². The number of hydrogen-bond donors (Lipinski definition) is 4. The molecule has 46 heavy (non-hydrogen) atoms. The molecule has 280 valence electrons. The molecule has 0 aromatic heterocycles. The molecular weight excluding hydrogens is 622 g/mol. The van der Waals surface area contributed by atoms with E-state index in [9.17, 15) is 9.46 Å². The van der Waals surface area contributed by atoms with Crippen LogP contribution in [0.3, 0.4) is 0 Å². The van der Waals surface area contributed by atoms with Crippen LogP contribution in [-0.2, 0) is 18.2 Å². The fraction of sp³-hybridized carbons (Fsp3) is 1.00. The largest absolute Gasteiger partial charge is 0.472 e. The molecule has 0 amide bonds. The number of rotatable bonds is 36. The van der Waals surface area contributed by atoms with Crippen LogP contribution < -0.4 is 0 Å². The summed E-state index contributed by atoms with van der Waals surface area (Å²) in [6.45, 7) is 5.21. The summed E-state index contributed by atoms with van der Waals surface area (Å²) < 4.78 is 31.3. The van der Waals surface area contributed by atoms with Crippen molar-refractivity contribution < 1.29 is 37.8 Å². The van der Waals surface area contributed by atoms with Gasteiger partial charge in [-0.1, -0.05) is 206 Å². The highest BCUT2D eigenvalue weighted by Gasteiger charge is 2.19. The van der Waals surface area contributed by atoms with Gasteiger partial charge in [0.1, 0.15) is 0 Å². The van der Waals surface area contributed by atoms with Crippen LogP contribution in [0.2, 0.25) is 0 Å². The molecule has 0 aromatic rings. The minimum Gasteiger partial charge on any atom is -0.303 e. The average molecular weight is 701 g/mol. The summed E-state index contributed by atoms with van der Waals surface area (Å²) >= 11 is 0. The summed E-state index contributed by atoms with van der Waals surface area (Å²) in [5.74, 6) is 0. The predicted molar refractivity (Wildman–Crippen MR) is 195 cm³/mol. The highest BCUT2D eigenvalue weighted by Crippen LogP contribution is 2.43. The van der Waals surface area contributed by atoms with Gasteiger partial charge in [0.15, 0.2) is 0 Å². The molecule has 0 spiro atoms. The highest BCUT2D eigenvalue weighted by atomic mass is 31.2. The topological polar surface area (TPSA) is 134 Å². The van der Waals surface area contributed by atoms with Crippen molar-refractivity contribution in [2.75, 3.05) is 13.2 Å². The van der Waals surface area contributed by atoms with Gasteiger partial charge in [-0.3, -0.25) is 9.05 Å². The Morgan fingerprint density at radius 2 is 0.478 bits per heavy atom. The molecule has 0 aromatic carbocycles. The molecule has 0 radical (unpaired) electrons. The second-order valence-corrected chi connectivity index (χ2v) is 15.7. The minimum absolute atomic E-state index is 0.325. The van der Waals surface area contributed by atoms with Crippen LogP contribution in [0.5, 0.6) is 0 Å². The Balaban J connectivity index is 0. The summed E-state index contributed by atoms with van der Waals surface area (Å²) in [4.78, 5) is 31.4. The Labute approximate surface area is 285 Å². The van der Waals surface area contributed by atoms with Crippen molar-refractivity contribution in [2.24, 2.45) is 0 Å². The Hall–Kier alpha value is 0.220. The molecular formula is C36H78O8P2. The third kappa shape index (κ3) is 51.1. The maximum atomic E-state index is 12.0. The summed E-state index contributed by atoms with van der Waals surface area (Å²) in [6.07, 6.45) is 42.2. The summed E-state index contributed by atoms with van der Waals surface area (Å²) in [5, 5.41) is 0. The molecule has 0 saturated heterocycles. The Morgan fingerprint density at radius 3 is 0.652 bits per heavy atom. The Bertz CT molecular complexity index is 624. The van der Waals surface area contributed by atoms with Crippen LogP contribution in [-0.4, -0.2) is 32.8 Å². The minimum atomic E-state index is -4.64. The van der Waals surface area contributed by atoms with Crippen LogP contribution in [0.4, 0.5) is 0 Å². The lowest BCUT2D eigenvalue weighted by atomic mass is 10.0. The van der Waals surface area contributed by atoms with Crippen molar-refractivity contribution in [3.63, 3.8) is 0 Å². The molecule has 0 fully saturated rings. The van der Waals surface area contributed by atoms with E-state index < -0.39 is 15.6 Å². The van der Waals surface area contributed by atoms with Crippen molar-refractivity contribution >= 4 is 15.6 Å².